The maximum atomic E-state index is 11.7. The molecule has 1 aromatic rings. The third-order valence-corrected chi connectivity index (χ3v) is 2.06. The van der Waals surface area contributed by atoms with Gasteiger partial charge in [0, 0.05) is 12.2 Å². The molecule has 0 aliphatic heterocycles. The van der Waals surface area contributed by atoms with Crippen LogP contribution in [0.3, 0.4) is 0 Å². The standard InChI is InChI=1S/C13H20N2O3/c1-13(2,3)18-12(16)15-11-8-6-5-7-10(11)9-14-17-4/h5-8,14H,9H2,1-4H3,(H,15,16). The predicted molar refractivity (Wildman–Crippen MR) is 70.1 cm³/mol. The van der Waals surface area contributed by atoms with Crippen LogP contribution in [0.2, 0.25) is 0 Å². The number of ether oxygens (including phenoxy) is 1. The van der Waals surface area contributed by atoms with Gasteiger partial charge in [0.1, 0.15) is 5.60 Å². The molecule has 2 N–H and O–H groups in total. The van der Waals surface area contributed by atoms with Crippen molar-refractivity contribution in [3.05, 3.63) is 29.8 Å². The molecule has 0 unspecified atom stereocenters. The lowest BCUT2D eigenvalue weighted by atomic mass is 10.2. The summed E-state index contributed by atoms with van der Waals surface area (Å²) in [5, 5.41) is 2.72. The largest absolute Gasteiger partial charge is 0.444 e. The lowest BCUT2D eigenvalue weighted by molar-refractivity contribution is 0.0635. The van der Waals surface area contributed by atoms with E-state index in [1.54, 1.807) is 7.11 Å². The van der Waals surface area contributed by atoms with Crippen molar-refractivity contribution in [3.8, 4) is 0 Å². The summed E-state index contributed by atoms with van der Waals surface area (Å²) < 4.78 is 5.20. The SMILES string of the molecule is CONCc1ccccc1NC(=O)OC(C)(C)C. The molecule has 1 aromatic carbocycles. The van der Waals surface area contributed by atoms with Gasteiger partial charge in [-0.1, -0.05) is 18.2 Å². The number of benzene rings is 1. The van der Waals surface area contributed by atoms with Crippen LogP contribution in [0.5, 0.6) is 0 Å². The number of amides is 1. The van der Waals surface area contributed by atoms with Gasteiger partial charge in [-0.25, -0.2) is 4.79 Å². The average molecular weight is 252 g/mol. The Labute approximate surface area is 107 Å². The third kappa shape index (κ3) is 5.16. The zero-order chi connectivity index (χ0) is 13.6. The van der Waals surface area contributed by atoms with Crippen molar-refractivity contribution in [2.24, 2.45) is 0 Å². The van der Waals surface area contributed by atoms with Crippen LogP contribution < -0.4 is 10.8 Å². The molecule has 0 bridgehead atoms. The summed E-state index contributed by atoms with van der Waals surface area (Å²) in [5.41, 5.74) is 3.85. The Kier molecular flexibility index (Phi) is 5.12. The maximum Gasteiger partial charge on any atom is 0.412 e. The maximum absolute atomic E-state index is 11.7. The highest BCUT2D eigenvalue weighted by Gasteiger charge is 2.16. The summed E-state index contributed by atoms with van der Waals surface area (Å²) >= 11 is 0. The van der Waals surface area contributed by atoms with Crippen LogP contribution in [-0.4, -0.2) is 18.8 Å². The summed E-state index contributed by atoms with van der Waals surface area (Å²) in [6.07, 6.45) is -0.465. The molecule has 0 aliphatic carbocycles. The van der Waals surface area contributed by atoms with E-state index in [4.69, 9.17) is 9.57 Å². The molecular formula is C13H20N2O3. The van der Waals surface area contributed by atoms with Crippen molar-refractivity contribution in [2.75, 3.05) is 12.4 Å². The van der Waals surface area contributed by atoms with Gasteiger partial charge < -0.3 is 9.57 Å². The second-order valence-electron chi connectivity index (χ2n) is 4.81. The monoisotopic (exact) mass is 252 g/mol. The Morgan fingerprint density at radius 3 is 2.56 bits per heavy atom. The van der Waals surface area contributed by atoms with Crippen molar-refractivity contribution in [1.29, 1.82) is 0 Å². The average Bonchev–Trinajstić information content (AvgIpc) is 2.25. The highest BCUT2D eigenvalue weighted by molar-refractivity contribution is 5.85. The fourth-order valence-corrected chi connectivity index (χ4v) is 1.36. The van der Waals surface area contributed by atoms with Crippen LogP contribution in [0.15, 0.2) is 24.3 Å². The summed E-state index contributed by atoms with van der Waals surface area (Å²) in [6, 6.07) is 7.46. The van der Waals surface area contributed by atoms with Crippen molar-refractivity contribution in [2.45, 2.75) is 32.9 Å². The smallest absolute Gasteiger partial charge is 0.412 e. The van der Waals surface area contributed by atoms with Crippen LogP contribution in [0, 0.1) is 0 Å². The molecular weight excluding hydrogens is 232 g/mol. The van der Waals surface area contributed by atoms with E-state index in [0.717, 1.165) is 5.56 Å². The Morgan fingerprint density at radius 2 is 1.94 bits per heavy atom. The molecule has 0 saturated heterocycles. The predicted octanol–water partition coefficient (Wildman–Crippen LogP) is 2.68. The van der Waals surface area contributed by atoms with Crippen LogP contribution in [0.1, 0.15) is 26.3 Å². The molecule has 0 heterocycles. The van der Waals surface area contributed by atoms with Gasteiger partial charge in [0.15, 0.2) is 0 Å². The number of anilines is 1. The minimum Gasteiger partial charge on any atom is -0.444 e. The summed E-state index contributed by atoms with van der Waals surface area (Å²) in [6.45, 7) is 5.98. The first-order chi connectivity index (χ1) is 8.42. The van der Waals surface area contributed by atoms with E-state index in [0.29, 0.717) is 12.2 Å². The molecule has 100 valence electrons. The second-order valence-corrected chi connectivity index (χ2v) is 4.81. The normalized spacial score (nSPS) is 11.1. The van der Waals surface area contributed by atoms with Crippen molar-refractivity contribution in [3.63, 3.8) is 0 Å². The summed E-state index contributed by atoms with van der Waals surface area (Å²) in [5.74, 6) is 0. The Hall–Kier alpha value is -1.59. The first-order valence-electron chi connectivity index (χ1n) is 5.76. The van der Waals surface area contributed by atoms with Gasteiger partial charge in [-0.05, 0) is 32.4 Å². The minimum atomic E-state index is -0.510. The lowest BCUT2D eigenvalue weighted by Crippen LogP contribution is -2.27. The van der Waals surface area contributed by atoms with E-state index < -0.39 is 11.7 Å². The van der Waals surface area contributed by atoms with Gasteiger partial charge >= 0.3 is 6.09 Å². The third-order valence-electron chi connectivity index (χ3n) is 2.06. The fourth-order valence-electron chi connectivity index (χ4n) is 1.36. The summed E-state index contributed by atoms with van der Waals surface area (Å²) in [4.78, 5) is 16.5. The lowest BCUT2D eigenvalue weighted by Gasteiger charge is -2.20. The number of rotatable bonds is 4. The first-order valence-corrected chi connectivity index (χ1v) is 5.76. The minimum absolute atomic E-state index is 0.465. The topological polar surface area (TPSA) is 59.6 Å². The highest BCUT2D eigenvalue weighted by atomic mass is 16.6. The van der Waals surface area contributed by atoms with Gasteiger partial charge in [-0.2, -0.15) is 5.48 Å². The second kappa shape index (κ2) is 6.37. The molecule has 0 spiro atoms. The van der Waals surface area contributed by atoms with Crippen LogP contribution in [0.4, 0.5) is 10.5 Å². The van der Waals surface area contributed by atoms with Gasteiger partial charge in [-0.15, -0.1) is 0 Å². The molecule has 5 nitrogen and oxygen atoms in total. The van der Waals surface area contributed by atoms with Crippen molar-refractivity contribution < 1.29 is 14.4 Å². The van der Waals surface area contributed by atoms with Crippen LogP contribution in [0.25, 0.3) is 0 Å². The van der Waals surface area contributed by atoms with E-state index in [1.807, 2.05) is 45.0 Å². The number of hydrogen-bond donors (Lipinski definition) is 2. The number of carbonyl (C=O) groups excluding carboxylic acids is 1. The molecule has 0 aliphatic rings. The highest BCUT2D eigenvalue weighted by Crippen LogP contribution is 2.16. The van der Waals surface area contributed by atoms with Crippen LogP contribution >= 0.6 is 0 Å². The molecule has 0 saturated carbocycles. The van der Waals surface area contributed by atoms with E-state index in [9.17, 15) is 4.79 Å². The quantitative estimate of drug-likeness (QED) is 0.809. The number of nitrogens with one attached hydrogen (secondary N) is 2. The van der Waals surface area contributed by atoms with E-state index in [2.05, 4.69) is 10.8 Å². The Balaban J connectivity index is 2.68. The number of carbonyl (C=O) groups is 1. The molecule has 5 heteroatoms. The van der Waals surface area contributed by atoms with Crippen molar-refractivity contribution >= 4 is 11.8 Å². The van der Waals surface area contributed by atoms with Gasteiger partial charge in [0.05, 0.1) is 7.11 Å². The Morgan fingerprint density at radius 1 is 1.28 bits per heavy atom. The van der Waals surface area contributed by atoms with Crippen molar-refractivity contribution in [1.82, 2.24) is 5.48 Å². The molecule has 18 heavy (non-hydrogen) atoms. The molecule has 1 rings (SSSR count). The molecule has 0 aromatic heterocycles. The zero-order valence-corrected chi connectivity index (χ0v) is 11.2. The van der Waals surface area contributed by atoms with Crippen LogP contribution in [-0.2, 0) is 16.1 Å². The van der Waals surface area contributed by atoms with E-state index >= 15 is 0 Å². The molecule has 1 amide bonds. The molecule has 0 radical (unpaired) electrons. The number of hydroxylamine groups is 1. The molecule has 0 atom stereocenters. The molecule has 0 fully saturated rings. The number of hydrogen-bond acceptors (Lipinski definition) is 4. The summed E-state index contributed by atoms with van der Waals surface area (Å²) in [7, 11) is 1.55. The van der Waals surface area contributed by atoms with Gasteiger partial charge in [0.25, 0.3) is 0 Å². The number of para-hydroxylation sites is 1. The zero-order valence-electron chi connectivity index (χ0n) is 11.2. The van der Waals surface area contributed by atoms with Gasteiger partial charge in [-0.3, -0.25) is 5.32 Å². The fraction of sp³-hybridized carbons (Fsp3) is 0.462. The first kappa shape index (κ1) is 14.5. The van der Waals surface area contributed by atoms with E-state index in [-0.39, 0.29) is 0 Å². The van der Waals surface area contributed by atoms with E-state index in [1.165, 1.54) is 0 Å². The Bertz CT molecular complexity index is 399. The van der Waals surface area contributed by atoms with Gasteiger partial charge in [0.2, 0.25) is 0 Å².